The van der Waals surface area contributed by atoms with Crippen LogP contribution in [-0.2, 0) is 13.8 Å². The van der Waals surface area contributed by atoms with E-state index in [2.05, 4.69) is 13.0 Å². The molecular weight excluding hydrogens is 199 g/mol. The van der Waals surface area contributed by atoms with Crippen molar-refractivity contribution in [2.24, 2.45) is 0 Å². The van der Waals surface area contributed by atoms with Crippen LogP contribution < -0.4 is 0 Å². The summed E-state index contributed by atoms with van der Waals surface area (Å²) in [6.07, 6.45) is 6.16. The molecule has 14 heavy (non-hydrogen) atoms. The fourth-order valence-electron chi connectivity index (χ4n) is 1.54. The van der Waals surface area contributed by atoms with E-state index in [-0.39, 0.29) is 6.10 Å². The minimum atomic E-state index is -0.851. The van der Waals surface area contributed by atoms with E-state index in [1.807, 2.05) is 5.82 Å². The van der Waals surface area contributed by atoms with Gasteiger partial charge in [-0.15, -0.1) is 0 Å². The summed E-state index contributed by atoms with van der Waals surface area (Å²) < 4.78 is 16.0. The third kappa shape index (κ3) is 3.66. The Morgan fingerprint density at radius 1 is 1.36 bits per heavy atom. The molecular formula is C10H19O3P. The highest BCUT2D eigenvalue weighted by Gasteiger charge is 2.21. The average Bonchev–Trinajstić information content (AvgIpc) is 2.67. The molecule has 1 fully saturated rings. The third-order valence-corrected chi connectivity index (χ3v) is 3.51. The summed E-state index contributed by atoms with van der Waals surface area (Å²) in [5.74, 6) is 1.97. The van der Waals surface area contributed by atoms with Crippen LogP contribution in [0.3, 0.4) is 0 Å². The van der Waals surface area contributed by atoms with Gasteiger partial charge in [0.2, 0.25) is 0 Å². The third-order valence-electron chi connectivity index (χ3n) is 2.38. The lowest BCUT2D eigenvalue weighted by atomic mass is 10.2. The Kier molecular flexibility index (Phi) is 5.64. The van der Waals surface area contributed by atoms with E-state index in [1.165, 1.54) is 6.42 Å². The Balaban J connectivity index is 2.30. The van der Waals surface area contributed by atoms with Gasteiger partial charge in [-0.3, -0.25) is 0 Å². The molecule has 3 nitrogen and oxygen atoms in total. The van der Waals surface area contributed by atoms with Crippen LogP contribution in [0.4, 0.5) is 0 Å². The van der Waals surface area contributed by atoms with Crippen molar-refractivity contribution in [2.75, 3.05) is 14.2 Å². The fourth-order valence-corrected chi connectivity index (χ4v) is 2.26. The first kappa shape index (κ1) is 12.1. The predicted molar refractivity (Wildman–Crippen MR) is 58.3 cm³/mol. The molecule has 1 aliphatic rings. The average molecular weight is 218 g/mol. The van der Waals surface area contributed by atoms with Crippen molar-refractivity contribution in [2.45, 2.75) is 38.4 Å². The van der Waals surface area contributed by atoms with Gasteiger partial charge in [0.15, 0.2) is 8.38 Å². The molecule has 4 heteroatoms. The topological polar surface area (TPSA) is 27.7 Å². The second-order valence-electron chi connectivity index (χ2n) is 3.27. The van der Waals surface area contributed by atoms with Crippen LogP contribution >= 0.6 is 8.38 Å². The van der Waals surface area contributed by atoms with Crippen LogP contribution in [0.2, 0.25) is 0 Å². The Hall–Kier alpha value is 0.0500. The molecule has 1 rings (SSSR count). The standard InChI is InChI=1S/C10H19O3P/c1-4-9-5-6-10(13-9)7-8-14(11-2)12-3/h7-10H,4-6H2,1-3H3/b8-7+. The van der Waals surface area contributed by atoms with E-state index < -0.39 is 8.38 Å². The lowest BCUT2D eigenvalue weighted by Gasteiger charge is -2.10. The molecule has 0 bridgehead atoms. The first-order chi connectivity index (χ1) is 6.80. The molecule has 2 unspecified atom stereocenters. The maximum atomic E-state index is 5.76. The Labute approximate surface area is 87.3 Å². The van der Waals surface area contributed by atoms with Gasteiger partial charge in [-0.2, -0.15) is 0 Å². The molecule has 0 aromatic rings. The molecule has 1 saturated heterocycles. The zero-order valence-electron chi connectivity index (χ0n) is 9.10. The van der Waals surface area contributed by atoms with Gasteiger partial charge in [0.25, 0.3) is 0 Å². The molecule has 0 aromatic heterocycles. The molecule has 2 atom stereocenters. The number of hydrogen-bond acceptors (Lipinski definition) is 3. The Morgan fingerprint density at radius 3 is 2.57 bits per heavy atom. The summed E-state index contributed by atoms with van der Waals surface area (Å²) in [6, 6.07) is 0. The molecule has 82 valence electrons. The van der Waals surface area contributed by atoms with Gasteiger partial charge in [-0.25, -0.2) is 0 Å². The van der Waals surface area contributed by atoms with E-state index in [4.69, 9.17) is 13.8 Å². The minimum absolute atomic E-state index is 0.259. The summed E-state index contributed by atoms with van der Waals surface area (Å²) in [7, 11) is 2.46. The van der Waals surface area contributed by atoms with Gasteiger partial charge in [0.1, 0.15) is 0 Å². The van der Waals surface area contributed by atoms with Gasteiger partial charge in [0.05, 0.1) is 12.2 Å². The molecule has 0 spiro atoms. The quantitative estimate of drug-likeness (QED) is 0.664. The maximum Gasteiger partial charge on any atom is 0.196 e. The lowest BCUT2D eigenvalue weighted by molar-refractivity contribution is 0.0690. The van der Waals surface area contributed by atoms with Crippen molar-refractivity contribution < 1.29 is 13.8 Å². The van der Waals surface area contributed by atoms with Gasteiger partial charge in [-0.1, -0.05) is 13.0 Å². The first-order valence-electron chi connectivity index (χ1n) is 5.01. The van der Waals surface area contributed by atoms with E-state index >= 15 is 0 Å². The maximum absolute atomic E-state index is 5.76. The van der Waals surface area contributed by atoms with Crippen molar-refractivity contribution in [1.29, 1.82) is 0 Å². The van der Waals surface area contributed by atoms with Crippen molar-refractivity contribution in [3.05, 3.63) is 11.9 Å². The SMILES string of the molecule is CCC1CCC(/C=C/P(OC)OC)O1. The molecule has 0 amide bonds. The van der Waals surface area contributed by atoms with E-state index in [0.29, 0.717) is 6.10 Å². The normalized spacial score (nSPS) is 28.0. The first-order valence-corrected chi connectivity index (χ1v) is 6.26. The van der Waals surface area contributed by atoms with Crippen LogP contribution in [0.15, 0.2) is 11.9 Å². The zero-order valence-corrected chi connectivity index (χ0v) is 10.00. The van der Waals surface area contributed by atoms with Crippen molar-refractivity contribution in [1.82, 2.24) is 0 Å². The Morgan fingerprint density at radius 2 is 2.07 bits per heavy atom. The van der Waals surface area contributed by atoms with Crippen LogP contribution in [0.5, 0.6) is 0 Å². The number of hydrogen-bond donors (Lipinski definition) is 0. The second kappa shape index (κ2) is 6.52. The van der Waals surface area contributed by atoms with Crippen LogP contribution in [-0.4, -0.2) is 26.4 Å². The summed E-state index contributed by atoms with van der Waals surface area (Å²) in [4.78, 5) is 0. The highest BCUT2D eigenvalue weighted by Crippen LogP contribution is 2.38. The number of rotatable bonds is 5. The largest absolute Gasteiger partial charge is 0.371 e. The van der Waals surface area contributed by atoms with E-state index in [1.54, 1.807) is 14.2 Å². The lowest BCUT2D eigenvalue weighted by Crippen LogP contribution is -2.06. The minimum Gasteiger partial charge on any atom is -0.371 e. The van der Waals surface area contributed by atoms with Gasteiger partial charge < -0.3 is 13.8 Å². The number of ether oxygens (including phenoxy) is 1. The van der Waals surface area contributed by atoms with Crippen LogP contribution in [0.1, 0.15) is 26.2 Å². The van der Waals surface area contributed by atoms with Crippen molar-refractivity contribution >= 4 is 8.38 Å². The van der Waals surface area contributed by atoms with Gasteiger partial charge in [0, 0.05) is 14.2 Å². The highest BCUT2D eigenvalue weighted by atomic mass is 31.2. The molecule has 0 aliphatic carbocycles. The molecule has 1 heterocycles. The van der Waals surface area contributed by atoms with Crippen LogP contribution in [0, 0.1) is 0 Å². The van der Waals surface area contributed by atoms with E-state index in [9.17, 15) is 0 Å². The zero-order chi connectivity index (χ0) is 10.4. The van der Waals surface area contributed by atoms with Crippen molar-refractivity contribution in [3.63, 3.8) is 0 Å². The summed E-state index contributed by atoms with van der Waals surface area (Å²) in [5.41, 5.74) is 0. The second-order valence-corrected chi connectivity index (χ2v) is 4.87. The summed E-state index contributed by atoms with van der Waals surface area (Å²) >= 11 is 0. The summed E-state index contributed by atoms with van der Waals surface area (Å²) in [6.45, 7) is 2.16. The molecule has 0 N–H and O–H groups in total. The Bertz CT molecular complexity index is 180. The molecule has 0 saturated carbocycles. The molecule has 1 aliphatic heterocycles. The van der Waals surface area contributed by atoms with Crippen LogP contribution in [0.25, 0.3) is 0 Å². The van der Waals surface area contributed by atoms with Crippen molar-refractivity contribution in [3.8, 4) is 0 Å². The fraction of sp³-hybridized carbons (Fsp3) is 0.800. The van der Waals surface area contributed by atoms with Gasteiger partial charge in [-0.05, 0) is 25.1 Å². The molecule has 0 radical (unpaired) electrons. The highest BCUT2D eigenvalue weighted by molar-refractivity contribution is 7.50. The molecule has 0 aromatic carbocycles. The predicted octanol–water partition coefficient (Wildman–Crippen LogP) is 3.06. The summed E-state index contributed by atoms with van der Waals surface area (Å²) in [5, 5.41) is 0. The monoisotopic (exact) mass is 218 g/mol. The van der Waals surface area contributed by atoms with Gasteiger partial charge >= 0.3 is 0 Å². The van der Waals surface area contributed by atoms with E-state index in [0.717, 1.165) is 12.8 Å². The smallest absolute Gasteiger partial charge is 0.196 e.